The van der Waals surface area contributed by atoms with Crippen LogP contribution in [0.5, 0.6) is 0 Å². The van der Waals surface area contributed by atoms with Gasteiger partial charge >= 0.3 is 5.97 Å². The third-order valence-corrected chi connectivity index (χ3v) is 2.15. The number of aliphatic hydroxyl groups is 1. The van der Waals surface area contributed by atoms with Gasteiger partial charge in [-0.3, -0.25) is 0 Å². The number of esters is 1. The number of carbonyl (C=O) groups is 1. The van der Waals surface area contributed by atoms with E-state index in [0.717, 1.165) is 0 Å². The van der Waals surface area contributed by atoms with Crippen LogP contribution in [0.4, 0.5) is 0 Å². The minimum absolute atomic E-state index is 0.270. The van der Waals surface area contributed by atoms with Crippen LogP contribution in [0, 0.1) is 0 Å². The molecule has 2 heterocycles. The standard InChI is InChI=1S/C8H10O5/c1-11-8-6(10)7-4(3-12-8)2-5(9)13-7/h2,6-8,10H,3H2,1H3/t6-,7?,8-/m0/s1. The maximum Gasteiger partial charge on any atom is 0.331 e. The summed E-state index contributed by atoms with van der Waals surface area (Å²) < 4.78 is 14.9. The van der Waals surface area contributed by atoms with Gasteiger partial charge in [-0.2, -0.15) is 0 Å². The van der Waals surface area contributed by atoms with Gasteiger partial charge in [-0.25, -0.2) is 4.79 Å². The lowest BCUT2D eigenvalue weighted by atomic mass is 10.0. The van der Waals surface area contributed by atoms with Gasteiger partial charge in [0.2, 0.25) is 0 Å². The third kappa shape index (κ3) is 1.35. The van der Waals surface area contributed by atoms with E-state index in [1.54, 1.807) is 0 Å². The number of carbonyl (C=O) groups excluding carboxylic acids is 1. The summed E-state index contributed by atoms with van der Waals surface area (Å²) in [6, 6.07) is 0. The Balaban J connectivity index is 2.15. The van der Waals surface area contributed by atoms with Gasteiger partial charge in [0.25, 0.3) is 0 Å². The van der Waals surface area contributed by atoms with Crippen molar-refractivity contribution in [1.82, 2.24) is 0 Å². The molecule has 2 aliphatic rings. The highest BCUT2D eigenvalue weighted by Gasteiger charge is 2.41. The summed E-state index contributed by atoms with van der Waals surface area (Å²) >= 11 is 0. The van der Waals surface area contributed by atoms with Crippen molar-refractivity contribution in [1.29, 1.82) is 0 Å². The van der Waals surface area contributed by atoms with E-state index in [-0.39, 0.29) is 6.61 Å². The third-order valence-electron chi connectivity index (χ3n) is 2.15. The Morgan fingerprint density at radius 3 is 3.15 bits per heavy atom. The van der Waals surface area contributed by atoms with E-state index in [2.05, 4.69) is 0 Å². The van der Waals surface area contributed by atoms with Crippen LogP contribution < -0.4 is 0 Å². The minimum atomic E-state index is -0.934. The van der Waals surface area contributed by atoms with Gasteiger partial charge in [0.05, 0.1) is 6.61 Å². The van der Waals surface area contributed by atoms with Gasteiger partial charge in [0, 0.05) is 18.8 Å². The number of hydrogen-bond acceptors (Lipinski definition) is 5. The fraction of sp³-hybridized carbons (Fsp3) is 0.625. The number of ether oxygens (including phenoxy) is 3. The van der Waals surface area contributed by atoms with E-state index >= 15 is 0 Å². The first-order valence-corrected chi connectivity index (χ1v) is 3.96. The van der Waals surface area contributed by atoms with Crippen molar-refractivity contribution in [2.75, 3.05) is 13.7 Å². The molecule has 0 spiro atoms. The number of fused-ring (bicyclic) bond motifs is 1. The summed E-state index contributed by atoms with van der Waals surface area (Å²) in [6.07, 6.45) is -0.893. The van der Waals surface area contributed by atoms with Crippen LogP contribution in [-0.4, -0.2) is 43.3 Å². The lowest BCUT2D eigenvalue weighted by Crippen LogP contribution is -2.46. The molecule has 0 aromatic carbocycles. The zero-order valence-corrected chi connectivity index (χ0v) is 7.10. The normalized spacial score (nSPS) is 38.2. The maximum absolute atomic E-state index is 10.8. The van der Waals surface area contributed by atoms with E-state index < -0.39 is 24.5 Å². The Bertz CT molecular complexity index is 259. The summed E-state index contributed by atoms with van der Waals surface area (Å²) in [5, 5.41) is 9.59. The van der Waals surface area contributed by atoms with E-state index in [4.69, 9.17) is 14.2 Å². The summed E-state index contributed by atoms with van der Waals surface area (Å²) in [6.45, 7) is 0.270. The number of rotatable bonds is 1. The molecule has 0 aromatic rings. The van der Waals surface area contributed by atoms with Crippen molar-refractivity contribution >= 4 is 5.97 Å². The summed E-state index contributed by atoms with van der Waals surface area (Å²) in [5.74, 6) is -0.431. The van der Waals surface area contributed by atoms with Gasteiger partial charge in [-0.1, -0.05) is 0 Å². The SMILES string of the molecule is CO[C@H]1OCC2=CC(=O)OC2[C@@H]1O. The second-order valence-electron chi connectivity index (χ2n) is 2.98. The van der Waals surface area contributed by atoms with Gasteiger partial charge < -0.3 is 19.3 Å². The number of hydrogen-bond donors (Lipinski definition) is 1. The molecule has 3 atom stereocenters. The Hall–Kier alpha value is -0.910. The molecule has 72 valence electrons. The first-order chi connectivity index (χ1) is 6.22. The highest BCUT2D eigenvalue weighted by molar-refractivity contribution is 5.86. The molecule has 1 fully saturated rings. The van der Waals surface area contributed by atoms with E-state index in [1.165, 1.54) is 13.2 Å². The van der Waals surface area contributed by atoms with Gasteiger partial charge in [-0.15, -0.1) is 0 Å². The van der Waals surface area contributed by atoms with Crippen LogP contribution in [0.3, 0.4) is 0 Å². The van der Waals surface area contributed by atoms with Crippen molar-refractivity contribution in [3.8, 4) is 0 Å². The van der Waals surface area contributed by atoms with E-state index in [0.29, 0.717) is 5.57 Å². The molecule has 1 unspecified atom stereocenters. The van der Waals surface area contributed by atoms with Crippen LogP contribution in [0.15, 0.2) is 11.6 Å². The minimum Gasteiger partial charge on any atom is -0.452 e. The molecule has 5 nitrogen and oxygen atoms in total. The molecule has 1 saturated heterocycles. The van der Waals surface area contributed by atoms with Crippen molar-refractivity contribution in [2.45, 2.75) is 18.5 Å². The fourth-order valence-corrected chi connectivity index (χ4v) is 1.51. The monoisotopic (exact) mass is 186 g/mol. The highest BCUT2D eigenvalue weighted by Crippen LogP contribution is 2.27. The van der Waals surface area contributed by atoms with Gasteiger partial charge in [0.1, 0.15) is 6.10 Å². The molecular formula is C8H10O5. The zero-order chi connectivity index (χ0) is 9.42. The van der Waals surface area contributed by atoms with E-state index in [1.807, 2.05) is 0 Å². The van der Waals surface area contributed by atoms with Crippen LogP contribution >= 0.6 is 0 Å². The fourth-order valence-electron chi connectivity index (χ4n) is 1.51. The maximum atomic E-state index is 10.8. The average molecular weight is 186 g/mol. The molecule has 5 heteroatoms. The van der Waals surface area contributed by atoms with E-state index in [9.17, 15) is 9.90 Å². The lowest BCUT2D eigenvalue weighted by Gasteiger charge is -2.31. The lowest BCUT2D eigenvalue weighted by molar-refractivity contribution is -0.216. The summed E-state index contributed by atoms with van der Waals surface area (Å²) in [4.78, 5) is 10.8. The Morgan fingerprint density at radius 1 is 1.69 bits per heavy atom. The Morgan fingerprint density at radius 2 is 2.46 bits per heavy atom. The van der Waals surface area contributed by atoms with Crippen molar-refractivity contribution in [3.05, 3.63) is 11.6 Å². The van der Waals surface area contributed by atoms with Crippen LogP contribution in [0.1, 0.15) is 0 Å². The molecule has 1 N–H and O–H groups in total. The molecule has 2 rings (SSSR count). The molecule has 13 heavy (non-hydrogen) atoms. The molecule has 2 aliphatic heterocycles. The molecule has 0 bridgehead atoms. The molecular weight excluding hydrogens is 176 g/mol. The predicted molar refractivity (Wildman–Crippen MR) is 40.7 cm³/mol. The zero-order valence-electron chi connectivity index (χ0n) is 7.10. The second kappa shape index (κ2) is 3.10. The number of aliphatic hydroxyl groups excluding tert-OH is 1. The average Bonchev–Trinajstić information content (AvgIpc) is 2.47. The first-order valence-electron chi connectivity index (χ1n) is 3.96. The number of methoxy groups -OCH3 is 1. The van der Waals surface area contributed by atoms with Gasteiger partial charge in [0.15, 0.2) is 12.4 Å². The topological polar surface area (TPSA) is 65.0 Å². The predicted octanol–water partition coefficient (Wildman–Crippen LogP) is -0.798. The van der Waals surface area contributed by atoms with Crippen molar-refractivity contribution in [2.24, 2.45) is 0 Å². The first kappa shape index (κ1) is 8.68. The van der Waals surface area contributed by atoms with Crippen molar-refractivity contribution in [3.63, 3.8) is 0 Å². The van der Waals surface area contributed by atoms with Crippen molar-refractivity contribution < 1.29 is 24.1 Å². The molecule has 0 saturated carbocycles. The highest BCUT2D eigenvalue weighted by atomic mass is 16.7. The van der Waals surface area contributed by atoms with Crippen LogP contribution in [-0.2, 0) is 19.0 Å². The molecule has 0 aromatic heterocycles. The smallest absolute Gasteiger partial charge is 0.331 e. The van der Waals surface area contributed by atoms with Gasteiger partial charge in [-0.05, 0) is 0 Å². The Labute approximate surface area is 74.9 Å². The largest absolute Gasteiger partial charge is 0.452 e. The quantitative estimate of drug-likeness (QED) is 0.543. The summed E-state index contributed by atoms with van der Waals surface area (Å²) in [5.41, 5.74) is 0.672. The summed E-state index contributed by atoms with van der Waals surface area (Å²) in [7, 11) is 1.43. The molecule has 0 aliphatic carbocycles. The molecule has 0 radical (unpaired) electrons. The Kier molecular flexibility index (Phi) is 2.07. The van der Waals surface area contributed by atoms with Crippen LogP contribution in [0.25, 0.3) is 0 Å². The molecule has 0 amide bonds. The second-order valence-corrected chi connectivity index (χ2v) is 2.98. The van der Waals surface area contributed by atoms with Crippen LogP contribution in [0.2, 0.25) is 0 Å².